The molecule has 1 amide bonds. The predicted octanol–water partition coefficient (Wildman–Crippen LogP) is 2.56. The summed E-state index contributed by atoms with van der Waals surface area (Å²) in [5, 5.41) is 2.98. The highest BCUT2D eigenvalue weighted by molar-refractivity contribution is 7.99. The minimum Gasteiger partial charge on any atom is -0.484 e. The van der Waals surface area contributed by atoms with Crippen molar-refractivity contribution in [3.8, 4) is 5.75 Å². The fourth-order valence-corrected chi connectivity index (χ4v) is 3.67. The number of furan rings is 1. The Labute approximate surface area is 146 Å². The third-order valence-corrected chi connectivity index (χ3v) is 4.96. The molecule has 1 atom stereocenters. The zero-order chi connectivity index (χ0) is 16.6. The molecule has 1 saturated heterocycles. The summed E-state index contributed by atoms with van der Waals surface area (Å²) in [6.07, 6.45) is 3.44. The minimum absolute atomic E-state index is 0.0258. The molecule has 0 unspecified atom stereocenters. The summed E-state index contributed by atoms with van der Waals surface area (Å²) in [5.74, 6) is 2.84. The zero-order valence-electron chi connectivity index (χ0n) is 13.5. The van der Waals surface area contributed by atoms with Crippen LogP contribution in [0.5, 0.6) is 5.75 Å². The van der Waals surface area contributed by atoms with E-state index in [0.717, 1.165) is 30.2 Å². The molecular weight excluding hydrogens is 324 g/mol. The molecule has 0 saturated carbocycles. The third kappa shape index (κ3) is 4.79. The Morgan fingerprint density at radius 3 is 2.75 bits per heavy atom. The number of hydrogen-bond donors (Lipinski definition) is 1. The van der Waals surface area contributed by atoms with Crippen LogP contribution in [0.4, 0.5) is 0 Å². The molecule has 1 aromatic carbocycles. The summed E-state index contributed by atoms with van der Waals surface area (Å²) in [7, 11) is 0. The number of benzene rings is 1. The highest BCUT2D eigenvalue weighted by Gasteiger charge is 2.23. The van der Waals surface area contributed by atoms with Gasteiger partial charge in [0.25, 0.3) is 5.91 Å². The number of ether oxygens (including phenoxy) is 1. The molecule has 24 heavy (non-hydrogen) atoms. The normalized spacial score (nSPS) is 16.5. The number of hydrogen-bond acceptors (Lipinski definition) is 5. The standard InChI is InChI=1S/C18H22N2O3S/c21-18(14-23-16-4-2-1-3-5-16)19-12-17(15-6-9-22-13-15)20-7-10-24-11-8-20/h1-6,9,13,17H,7-8,10-12,14H2,(H,19,21)/t17-/m0/s1. The average molecular weight is 346 g/mol. The molecule has 1 N–H and O–H groups in total. The van der Waals surface area contributed by atoms with Crippen LogP contribution < -0.4 is 10.1 Å². The molecule has 3 rings (SSSR count). The van der Waals surface area contributed by atoms with Gasteiger partial charge in [0, 0.05) is 36.7 Å². The first kappa shape index (κ1) is 16.9. The number of carbonyl (C=O) groups is 1. The van der Waals surface area contributed by atoms with Crippen LogP contribution in [-0.4, -0.2) is 48.6 Å². The van der Waals surface area contributed by atoms with E-state index < -0.39 is 0 Å². The van der Waals surface area contributed by atoms with E-state index in [0.29, 0.717) is 12.3 Å². The molecule has 6 heteroatoms. The van der Waals surface area contributed by atoms with Crippen LogP contribution in [0.1, 0.15) is 11.6 Å². The smallest absolute Gasteiger partial charge is 0.258 e. The topological polar surface area (TPSA) is 54.7 Å². The van der Waals surface area contributed by atoms with Crippen molar-refractivity contribution in [3.63, 3.8) is 0 Å². The molecule has 0 radical (unpaired) electrons. The molecule has 0 bridgehead atoms. The molecule has 0 aliphatic carbocycles. The van der Waals surface area contributed by atoms with E-state index in [-0.39, 0.29) is 18.6 Å². The van der Waals surface area contributed by atoms with Gasteiger partial charge in [0.1, 0.15) is 5.75 Å². The van der Waals surface area contributed by atoms with Crippen molar-refractivity contribution in [2.75, 3.05) is 37.7 Å². The second-order valence-corrected chi connectivity index (χ2v) is 6.85. The van der Waals surface area contributed by atoms with Crippen LogP contribution in [0.2, 0.25) is 0 Å². The van der Waals surface area contributed by atoms with Crippen molar-refractivity contribution < 1.29 is 13.9 Å². The second kappa shape index (κ2) is 8.80. The molecule has 2 aromatic rings. The fraction of sp³-hybridized carbons (Fsp3) is 0.389. The first-order valence-corrected chi connectivity index (χ1v) is 9.27. The third-order valence-electron chi connectivity index (χ3n) is 4.02. The SMILES string of the molecule is O=C(COc1ccccc1)NC[C@@H](c1ccoc1)N1CCSCC1. The molecule has 1 fully saturated rings. The predicted molar refractivity (Wildman–Crippen MR) is 95.3 cm³/mol. The summed E-state index contributed by atoms with van der Waals surface area (Å²) in [6, 6.07) is 11.5. The maximum Gasteiger partial charge on any atom is 0.258 e. The molecule has 0 spiro atoms. The van der Waals surface area contributed by atoms with Crippen LogP contribution in [-0.2, 0) is 4.79 Å². The van der Waals surface area contributed by atoms with E-state index in [9.17, 15) is 4.79 Å². The summed E-state index contributed by atoms with van der Waals surface area (Å²) in [6.45, 7) is 2.63. The number of thioether (sulfide) groups is 1. The fourth-order valence-electron chi connectivity index (χ4n) is 2.74. The summed E-state index contributed by atoms with van der Waals surface area (Å²) < 4.78 is 10.7. The molecule has 128 valence electrons. The van der Waals surface area contributed by atoms with Crippen LogP contribution in [0.25, 0.3) is 0 Å². The maximum atomic E-state index is 12.1. The van der Waals surface area contributed by atoms with E-state index in [1.807, 2.05) is 48.2 Å². The lowest BCUT2D eigenvalue weighted by atomic mass is 10.1. The molecular formula is C18H22N2O3S. The van der Waals surface area contributed by atoms with Gasteiger partial charge in [0.2, 0.25) is 0 Å². The van der Waals surface area contributed by atoms with Crippen LogP contribution >= 0.6 is 11.8 Å². The van der Waals surface area contributed by atoms with E-state index in [1.54, 1.807) is 12.5 Å². The maximum absolute atomic E-state index is 12.1. The quantitative estimate of drug-likeness (QED) is 0.835. The Bertz CT molecular complexity index is 612. The number of nitrogens with zero attached hydrogens (tertiary/aromatic N) is 1. The van der Waals surface area contributed by atoms with Crippen molar-refractivity contribution in [1.29, 1.82) is 0 Å². The van der Waals surface area contributed by atoms with Crippen molar-refractivity contribution >= 4 is 17.7 Å². The van der Waals surface area contributed by atoms with Crippen LogP contribution in [0.15, 0.2) is 53.3 Å². The van der Waals surface area contributed by atoms with Gasteiger partial charge in [-0.05, 0) is 18.2 Å². The number of para-hydroxylation sites is 1. The van der Waals surface area contributed by atoms with E-state index in [1.165, 1.54) is 0 Å². The molecule has 1 aliphatic heterocycles. The summed E-state index contributed by atoms with van der Waals surface area (Å²) >= 11 is 1.97. The first-order valence-electron chi connectivity index (χ1n) is 8.11. The molecule has 2 heterocycles. The largest absolute Gasteiger partial charge is 0.484 e. The number of nitrogens with one attached hydrogen (secondary N) is 1. The van der Waals surface area contributed by atoms with E-state index in [2.05, 4.69) is 10.2 Å². The van der Waals surface area contributed by atoms with E-state index in [4.69, 9.17) is 9.15 Å². The number of rotatable bonds is 7. The minimum atomic E-state index is -0.112. The lowest BCUT2D eigenvalue weighted by molar-refractivity contribution is -0.123. The van der Waals surface area contributed by atoms with Gasteiger partial charge in [0.15, 0.2) is 6.61 Å². The van der Waals surface area contributed by atoms with E-state index >= 15 is 0 Å². The Kier molecular flexibility index (Phi) is 6.20. The van der Waals surface area contributed by atoms with Crippen molar-refractivity contribution in [2.45, 2.75) is 6.04 Å². The molecule has 5 nitrogen and oxygen atoms in total. The lowest BCUT2D eigenvalue weighted by Gasteiger charge is -2.33. The molecule has 1 aromatic heterocycles. The zero-order valence-corrected chi connectivity index (χ0v) is 14.3. The first-order chi connectivity index (χ1) is 11.8. The average Bonchev–Trinajstić information content (AvgIpc) is 3.16. The second-order valence-electron chi connectivity index (χ2n) is 5.63. The Morgan fingerprint density at radius 2 is 2.04 bits per heavy atom. The van der Waals surface area contributed by atoms with Crippen molar-refractivity contribution in [2.24, 2.45) is 0 Å². The van der Waals surface area contributed by atoms with Gasteiger partial charge >= 0.3 is 0 Å². The number of amides is 1. The van der Waals surface area contributed by atoms with Crippen molar-refractivity contribution in [3.05, 3.63) is 54.5 Å². The van der Waals surface area contributed by atoms with Gasteiger partial charge in [-0.1, -0.05) is 18.2 Å². The van der Waals surface area contributed by atoms with Crippen LogP contribution in [0.3, 0.4) is 0 Å². The highest BCUT2D eigenvalue weighted by atomic mass is 32.2. The Hall–Kier alpha value is -1.92. The van der Waals surface area contributed by atoms with Gasteiger partial charge in [0.05, 0.1) is 18.6 Å². The Morgan fingerprint density at radius 1 is 1.25 bits per heavy atom. The van der Waals surface area contributed by atoms with Gasteiger partial charge < -0.3 is 14.5 Å². The highest BCUT2D eigenvalue weighted by Crippen LogP contribution is 2.24. The number of carbonyl (C=O) groups excluding carboxylic acids is 1. The van der Waals surface area contributed by atoms with Crippen LogP contribution in [0, 0.1) is 0 Å². The van der Waals surface area contributed by atoms with Crippen molar-refractivity contribution in [1.82, 2.24) is 10.2 Å². The Balaban J connectivity index is 1.52. The summed E-state index contributed by atoms with van der Waals surface area (Å²) in [4.78, 5) is 14.5. The van der Waals surface area contributed by atoms with Gasteiger partial charge in [-0.25, -0.2) is 0 Å². The lowest BCUT2D eigenvalue weighted by Crippen LogP contribution is -2.42. The molecule has 1 aliphatic rings. The van der Waals surface area contributed by atoms with Gasteiger partial charge in [-0.2, -0.15) is 11.8 Å². The summed E-state index contributed by atoms with van der Waals surface area (Å²) in [5.41, 5.74) is 1.10. The monoisotopic (exact) mass is 346 g/mol. The van der Waals surface area contributed by atoms with Gasteiger partial charge in [-0.3, -0.25) is 9.69 Å². The van der Waals surface area contributed by atoms with Gasteiger partial charge in [-0.15, -0.1) is 0 Å².